The number of carbonyl (C=O) groups excluding carboxylic acids is 1. The topological polar surface area (TPSA) is 62.4 Å². The van der Waals surface area contributed by atoms with Crippen molar-refractivity contribution in [3.05, 3.63) is 69.3 Å². The molecule has 0 unspecified atom stereocenters. The number of anilines is 1. The first-order valence-electron chi connectivity index (χ1n) is 8.08. The molecule has 2 aromatic rings. The highest BCUT2D eigenvalue weighted by atomic mass is 35.5. The van der Waals surface area contributed by atoms with E-state index in [4.69, 9.17) is 40.2 Å². The second kappa shape index (κ2) is 8.17. The Hall–Kier alpha value is -2.28. The summed E-state index contributed by atoms with van der Waals surface area (Å²) < 4.78 is 5.45. The number of hydrogen-bond donors (Lipinski definition) is 3. The van der Waals surface area contributed by atoms with Crippen LogP contribution in [-0.2, 0) is 4.79 Å². The zero-order chi connectivity index (χ0) is 19.6. The molecule has 0 bridgehead atoms. The molecule has 140 valence electrons. The van der Waals surface area contributed by atoms with Gasteiger partial charge in [0.05, 0.1) is 23.7 Å². The number of hydrogen-bond acceptors (Lipinski definition) is 3. The van der Waals surface area contributed by atoms with Crippen molar-refractivity contribution in [3.63, 3.8) is 0 Å². The van der Waals surface area contributed by atoms with Gasteiger partial charge in [0.25, 0.3) is 5.91 Å². The lowest BCUT2D eigenvalue weighted by molar-refractivity contribution is -0.113. The summed E-state index contributed by atoms with van der Waals surface area (Å²) in [5.41, 5.74) is 2.40. The minimum Gasteiger partial charge on any atom is -0.495 e. The Bertz CT molecular complexity index is 932. The molecule has 1 atom stereocenters. The van der Waals surface area contributed by atoms with Crippen LogP contribution >= 0.6 is 35.4 Å². The molecule has 0 spiro atoms. The normalized spacial score (nSPS) is 16.4. The van der Waals surface area contributed by atoms with E-state index in [2.05, 4.69) is 16.0 Å². The molecule has 0 radical (unpaired) electrons. The number of carbonyl (C=O) groups is 1. The molecule has 0 saturated carbocycles. The first-order chi connectivity index (χ1) is 12.9. The predicted molar refractivity (Wildman–Crippen MR) is 112 cm³/mol. The van der Waals surface area contributed by atoms with Gasteiger partial charge in [0.2, 0.25) is 0 Å². The lowest BCUT2D eigenvalue weighted by Gasteiger charge is -2.31. The van der Waals surface area contributed by atoms with Gasteiger partial charge in [0.1, 0.15) is 5.75 Å². The summed E-state index contributed by atoms with van der Waals surface area (Å²) in [7, 11) is 1.51. The van der Waals surface area contributed by atoms with Crippen molar-refractivity contribution in [3.8, 4) is 5.75 Å². The van der Waals surface area contributed by atoms with E-state index in [1.165, 1.54) is 7.11 Å². The molecule has 1 aliphatic rings. The minimum atomic E-state index is -0.575. The van der Waals surface area contributed by atoms with Crippen LogP contribution < -0.4 is 20.7 Å². The summed E-state index contributed by atoms with van der Waals surface area (Å²) in [5.74, 6) is 0.158. The van der Waals surface area contributed by atoms with Gasteiger partial charge >= 0.3 is 0 Å². The van der Waals surface area contributed by atoms with Crippen LogP contribution in [0.5, 0.6) is 5.75 Å². The number of halogens is 2. The fourth-order valence-corrected chi connectivity index (χ4v) is 3.82. The monoisotopic (exact) mass is 421 g/mol. The number of allylic oxidation sites excluding steroid dienone is 1. The van der Waals surface area contributed by atoms with Crippen molar-refractivity contribution in [1.29, 1.82) is 0 Å². The van der Waals surface area contributed by atoms with E-state index in [0.29, 0.717) is 43.4 Å². The maximum absolute atomic E-state index is 13.0. The maximum atomic E-state index is 13.0. The number of rotatable bonds is 4. The number of methoxy groups -OCH3 is 1. The van der Waals surface area contributed by atoms with Crippen LogP contribution in [0.3, 0.4) is 0 Å². The van der Waals surface area contributed by atoms with Gasteiger partial charge < -0.3 is 20.7 Å². The van der Waals surface area contributed by atoms with Crippen LogP contribution in [0.2, 0.25) is 10.0 Å². The Kier molecular flexibility index (Phi) is 5.89. The van der Waals surface area contributed by atoms with E-state index in [0.717, 1.165) is 0 Å². The summed E-state index contributed by atoms with van der Waals surface area (Å²) in [6.45, 7) is 1.79. The fourth-order valence-electron chi connectivity index (χ4n) is 2.96. The lowest BCUT2D eigenvalue weighted by Crippen LogP contribution is -2.45. The second-order valence-corrected chi connectivity index (χ2v) is 7.15. The number of amides is 1. The van der Waals surface area contributed by atoms with E-state index in [9.17, 15) is 4.79 Å². The Morgan fingerprint density at radius 2 is 1.93 bits per heavy atom. The first kappa shape index (κ1) is 19.5. The zero-order valence-electron chi connectivity index (χ0n) is 14.6. The zero-order valence-corrected chi connectivity index (χ0v) is 16.9. The quantitative estimate of drug-likeness (QED) is 0.637. The Morgan fingerprint density at radius 1 is 1.22 bits per heavy atom. The molecular weight excluding hydrogens is 405 g/mol. The lowest BCUT2D eigenvalue weighted by atomic mass is 9.94. The van der Waals surface area contributed by atoms with E-state index in [1.54, 1.807) is 19.1 Å². The minimum absolute atomic E-state index is 0.274. The molecule has 5 nitrogen and oxygen atoms in total. The molecular formula is C19H17Cl2N3O2S. The second-order valence-electron chi connectivity index (χ2n) is 5.90. The van der Waals surface area contributed by atoms with Crippen LogP contribution in [-0.4, -0.2) is 18.1 Å². The summed E-state index contributed by atoms with van der Waals surface area (Å²) in [5, 5.41) is 10.2. The standard InChI is InChI=1S/C19H17Cl2N3O2S/c1-10-15(18(25)23-12-6-4-3-5-7-12)16(24-19(27)22-10)13-8-11(20)9-14(21)17(13)26-2/h3-9,16H,1-2H3,(H,23,25)(H2,22,24,27)/t16-/m1/s1. The van der Waals surface area contributed by atoms with Gasteiger partial charge in [-0.15, -0.1) is 0 Å². The van der Waals surface area contributed by atoms with Crippen LogP contribution in [0.15, 0.2) is 53.7 Å². The molecule has 2 aromatic carbocycles. The van der Waals surface area contributed by atoms with Gasteiger partial charge in [0.15, 0.2) is 5.11 Å². The van der Waals surface area contributed by atoms with Crippen LogP contribution in [0.1, 0.15) is 18.5 Å². The number of ether oxygens (including phenoxy) is 1. The molecule has 3 N–H and O–H groups in total. The SMILES string of the molecule is COc1c(Cl)cc(Cl)cc1[C@H]1NC(=S)NC(C)=C1C(=O)Nc1ccccc1. The average Bonchev–Trinajstić information content (AvgIpc) is 2.61. The van der Waals surface area contributed by atoms with Crippen LogP contribution in [0.25, 0.3) is 0 Å². The molecule has 8 heteroatoms. The van der Waals surface area contributed by atoms with Crippen molar-refractivity contribution in [2.24, 2.45) is 0 Å². The molecule has 0 aliphatic carbocycles. The Morgan fingerprint density at radius 3 is 2.59 bits per heavy atom. The van der Waals surface area contributed by atoms with Crippen molar-refractivity contribution >= 4 is 52.1 Å². The molecule has 1 heterocycles. The summed E-state index contributed by atoms with van der Waals surface area (Å²) in [6, 6.07) is 11.9. The molecule has 0 fully saturated rings. The van der Waals surface area contributed by atoms with Gasteiger partial charge in [-0.1, -0.05) is 41.4 Å². The highest BCUT2D eigenvalue weighted by Gasteiger charge is 2.32. The maximum Gasteiger partial charge on any atom is 0.255 e. The third-order valence-corrected chi connectivity index (χ3v) is 4.82. The van der Waals surface area contributed by atoms with Crippen LogP contribution in [0, 0.1) is 0 Å². The van der Waals surface area contributed by atoms with E-state index in [-0.39, 0.29) is 5.91 Å². The van der Waals surface area contributed by atoms with E-state index >= 15 is 0 Å². The Balaban J connectivity index is 2.06. The average molecular weight is 422 g/mol. The predicted octanol–water partition coefficient (Wildman–Crippen LogP) is 4.43. The summed E-state index contributed by atoms with van der Waals surface area (Å²) >= 11 is 17.8. The molecule has 1 aliphatic heterocycles. The largest absolute Gasteiger partial charge is 0.495 e. The molecule has 0 saturated heterocycles. The first-order valence-corrected chi connectivity index (χ1v) is 9.24. The molecule has 3 rings (SSSR count). The van der Waals surface area contributed by atoms with Crippen molar-refractivity contribution in [1.82, 2.24) is 10.6 Å². The number of benzene rings is 2. The van der Waals surface area contributed by atoms with Gasteiger partial charge in [-0.2, -0.15) is 0 Å². The van der Waals surface area contributed by atoms with Crippen molar-refractivity contribution in [2.75, 3.05) is 12.4 Å². The van der Waals surface area contributed by atoms with Gasteiger partial charge in [-0.05, 0) is 43.4 Å². The smallest absolute Gasteiger partial charge is 0.255 e. The highest BCUT2D eigenvalue weighted by molar-refractivity contribution is 7.80. The van der Waals surface area contributed by atoms with Crippen molar-refractivity contribution < 1.29 is 9.53 Å². The van der Waals surface area contributed by atoms with E-state index in [1.807, 2.05) is 30.3 Å². The Labute approximate surface area is 172 Å². The fraction of sp³-hybridized carbons (Fsp3) is 0.158. The van der Waals surface area contributed by atoms with Gasteiger partial charge in [0, 0.05) is 22.0 Å². The van der Waals surface area contributed by atoms with Crippen LogP contribution in [0.4, 0.5) is 5.69 Å². The van der Waals surface area contributed by atoms with Crippen molar-refractivity contribution in [2.45, 2.75) is 13.0 Å². The number of thiocarbonyl (C=S) groups is 1. The molecule has 0 aromatic heterocycles. The summed E-state index contributed by atoms with van der Waals surface area (Å²) in [4.78, 5) is 13.0. The third kappa shape index (κ3) is 4.18. The van der Waals surface area contributed by atoms with Gasteiger partial charge in [-0.25, -0.2) is 0 Å². The highest BCUT2D eigenvalue weighted by Crippen LogP contribution is 2.39. The van der Waals surface area contributed by atoms with Gasteiger partial charge in [-0.3, -0.25) is 4.79 Å². The number of nitrogens with one attached hydrogen (secondary N) is 3. The third-order valence-electron chi connectivity index (χ3n) is 4.10. The van der Waals surface area contributed by atoms with E-state index < -0.39 is 6.04 Å². The molecule has 27 heavy (non-hydrogen) atoms. The summed E-state index contributed by atoms with van der Waals surface area (Å²) in [6.07, 6.45) is 0. The molecule has 1 amide bonds. The number of para-hydroxylation sites is 1.